The zero-order chi connectivity index (χ0) is 18.0. The highest BCUT2D eigenvalue weighted by molar-refractivity contribution is 5.87. The molecule has 1 aromatic rings. The lowest BCUT2D eigenvalue weighted by molar-refractivity contribution is -0.152. The van der Waals surface area contributed by atoms with E-state index in [0.29, 0.717) is 0 Å². The summed E-state index contributed by atoms with van der Waals surface area (Å²) in [5.41, 5.74) is 0.259. The monoisotopic (exact) mass is 323 g/mol. The van der Waals surface area contributed by atoms with Crippen LogP contribution in [-0.2, 0) is 14.3 Å². The van der Waals surface area contributed by atoms with E-state index in [1.165, 1.54) is 19.6 Å². The van der Waals surface area contributed by atoms with E-state index in [1.807, 2.05) is 45.0 Å². The molecule has 5 nitrogen and oxygen atoms in total. The van der Waals surface area contributed by atoms with Gasteiger partial charge in [0, 0.05) is 6.92 Å². The number of carbonyl (C=O) groups is 2. The van der Waals surface area contributed by atoms with Gasteiger partial charge >= 0.3 is 5.97 Å². The number of carbonyl (C=O) groups excluding carboxylic acids is 2. The smallest absolute Gasteiger partial charge is 0.331 e. The second kappa shape index (κ2) is 9.87. The van der Waals surface area contributed by atoms with Crippen LogP contribution in [0.3, 0.4) is 0 Å². The van der Waals surface area contributed by atoms with Crippen molar-refractivity contribution in [1.29, 1.82) is 0 Å². The molecule has 2 unspecified atom stereocenters. The summed E-state index contributed by atoms with van der Waals surface area (Å²) >= 11 is 0. The molecule has 1 aromatic carbocycles. The van der Waals surface area contributed by atoms with Crippen molar-refractivity contribution in [2.24, 2.45) is 5.92 Å². The molecule has 0 aliphatic carbocycles. The summed E-state index contributed by atoms with van der Waals surface area (Å²) in [5.74, 6) is 0.372. The molecule has 0 radical (unpaired) electrons. The maximum atomic E-state index is 11.5. The predicted molar refractivity (Wildman–Crippen MR) is 91.4 cm³/mol. The topological polar surface area (TPSA) is 64.6 Å². The highest BCUT2D eigenvalue weighted by Gasteiger charge is 2.39. The van der Waals surface area contributed by atoms with Gasteiger partial charge in [0.2, 0.25) is 5.91 Å². The molecular formula is C18H29NO4. The predicted octanol–water partition coefficient (Wildman–Crippen LogP) is 3.10. The van der Waals surface area contributed by atoms with Gasteiger partial charge in [0.1, 0.15) is 11.3 Å². The van der Waals surface area contributed by atoms with Crippen molar-refractivity contribution in [1.82, 2.24) is 5.32 Å². The Morgan fingerprint density at radius 3 is 2.17 bits per heavy atom. The van der Waals surface area contributed by atoms with Crippen LogP contribution in [0.25, 0.3) is 0 Å². The van der Waals surface area contributed by atoms with Crippen molar-refractivity contribution in [3.8, 4) is 5.75 Å². The van der Waals surface area contributed by atoms with E-state index < -0.39 is 11.5 Å². The Labute approximate surface area is 139 Å². The molecule has 5 heteroatoms. The zero-order valence-electron chi connectivity index (χ0n) is 15.2. The lowest BCUT2D eigenvalue weighted by Gasteiger charge is -2.32. The normalized spacial score (nSPS) is 13.7. The molecule has 1 rings (SSSR count). The van der Waals surface area contributed by atoms with Gasteiger partial charge in [0.15, 0.2) is 0 Å². The summed E-state index contributed by atoms with van der Waals surface area (Å²) in [7, 11) is 3.01. The minimum Gasteiger partial charge on any atom is -0.496 e. The highest BCUT2D eigenvalue weighted by Crippen LogP contribution is 2.21. The largest absolute Gasteiger partial charge is 0.496 e. The molecule has 0 heterocycles. The highest BCUT2D eigenvalue weighted by atomic mass is 16.5. The van der Waals surface area contributed by atoms with E-state index in [4.69, 9.17) is 4.74 Å². The first-order chi connectivity index (χ1) is 10.7. The lowest BCUT2D eigenvalue weighted by atomic mass is 9.85. The lowest BCUT2D eigenvalue weighted by Crippen LogP contribution is -2.56. The van der Waals surface area contributed by atoms with Gasteiger partial charge in [0.25, 0.3) is 0 Å². The van der Waals surface area contributed by atoms with Crippen LogP contribution in [0.1, 0.15) is 39.7 Å². The molecule has 0 aliphatic rings. The Bertz CT molecular complexity index is 515. The Hall–Kier alpha value is -2.04. The fraction of sp³-hybridized carbons (Fsp3) is 0.556. The number of aryl methyl sites for hydroxylation is 1. The SMILES string of the molecule is CCC(C)C(C)(NC(C)=O)C(=O)OC.COc1ccccc1C. The molecule has 23 heavy (non-hydrogen) atoms. The molecule has 1 amide bonds. The maximum Gasteiger partial charge on any atom is 0.331 e. The van der Waals surface area contributed by atoms with Gasteiger partial charge in [-0.25, -0.2) is 4.79 Å². The summed E-state index contributed by atoms with van der Waals surface area (Å²) in [6, 6.07) is 7.94. The number of methoxy groups -OCH3 is 2. The number of amides is 1. The molecule has 0 saturated carbocycles. The van der Waals surface area contributed by atoms with Crippen molar-refractivity contribution in [3.63, 3.8) is 0 Å². The van der Waals surface area contributed by atoms with Crippen LogP contribution in [0, 0.1) is 12.8 Å². The van der Waals surface area contributed by atoms with Crippen LogP contribution in [-0.4, -0.2) is 31.6 Å². The van der Waals surface area contributed by atoms with E-state index in [1.54, 1.807) is 14.0 Å². The summed E-state index contributed by atoms with van der Waals surface area (Å²) in [6.45, 7) is 8.98. The molecule has 0 fully saturated rings. The number of esters is 1. The van der Waals surface area contributed by atoms with Crippen LogP contribution < -0.4 is 10.1 Å². The average Bonchev–Trinajstić information content (AvgIpc) is 2.53. The number of ether oxygens (including phenoxy) is 2. The molecule has 0 aliphatic heterocycles. The number of hydrogen-bond donors (Lipinski definition) is 1. The number of nitrogens with one attached hydrogen (secondary N) is 1. The van der Waals surface area contributed by atoms with Gasteiger partial charge in [-0.3, -0.25) is 4.79 Å². The van der Waals surface area contributed by atoms with Gasteiger partial charge < -0.3 is 14.8 Å². The fourth-order valence-corrected chi connectivity index (χ4v) is 2.15. The molecule has 0 bridgehead atoms. The van der Waals surface area contributed by atoms with Crippen molar-refractivity contribution in [2.75, 3.05) is 14.2 Å². The summed E-state index contributed by atoms with van der Waals surface area (Å²) in [5, 5.41) is 2.64. The second-order valence-electron chi connectivity index (χ2n) is 5.65. The van der Waals surface area contributed by atoms with Crippen LogP contribution in [0.4, 0.5) is 0 Å². The molecule has 0 saturated heterocycles. The molecular weight excluding hydrogens is 294 g/mol. The quantitative estimate of drug-likeness (QED) is 0.846. The maximum absolute atomic E-state index is 11.5. The van der Waals surface area contributed by atoms with Crippen molar-refractivity contribution in [2.45, 2.75) is 46.6 Å². The standard InChI is InChI=1S/C10H19NO3.C8H10O/c1-6-7(2)10(4,9(13)14-5)11-8(3)12;1-7-5-3-4-6-8(7)9-2/h7H,6H2,1-5H3,(H,11,12);3-6H,1-2H3. The van der Waals surface area contributed by atoms with Crippen LogP contribution in [0.5, 0.6) is 5.75 Å². The molecule has 0 spiro atoms. The average molecular weight is 323 g/mol. The van der Waals surface area contributed by atoms with Gasteiger partial charge in [-0.15, -0.1) is 0 Å². The van der Waals surface area contributed by atoms with E-state index >= 15 is 0 Å². The summed E-state index contributed by atoms with van der Waals surface area (Å²) in [4.78, 5) is 22.5. The van der Waals surface area contributed by atoms with Gasteiger partial charge in [0.05, 0.1) is 14.2 Å². The Morgan fingerprint density at radius 1 is 1.26 bits per heavy atom. The van der Waals surface area contributed by atoms with Crippen LogP contribution in [0.15, 0.2) is 24.3 Å². The first-order valence-electron chi connectivity index (χ1n) is 7.69. The minimum absolute atomic E-state index is 0.0406. The molecule has 0 aromatic heterocycles. The van der Waals surface area contributed by atoms with Gasteiger partial charge in [-0.1, -0.05) is 38.5 Å². The number of rotatable bonds is 5. The Kier molecular flexibility index (Phi) is 9.00. The molecule has 130 valence electrons. The van der Waals surface area contributed by atoms with E-state index in [9.17, 15) is 9.59 Å². The molecule has 2 atom stereocenters. The third-order valence-electron chi connectivity index (χ3n) is 3.96. The van der Waals surface area contributed by atoms with Gasteiger partial charge in [-0.2, -0.15) is 0 Å². The number of para-hydroxylation sites is 1. The Morgan fingerprint density at radius 2 is 1.83 bits per heavy atom. The second-order valence-corrected chi connectivity index (χ2v) is 5.65. The van der Waals surface area contributed by atoms with Crippen molar-refractivity contribution < 1.29 is 19.1 Å². The van der Waals surface area contributed by atoms with Crippen LogP contribution >= 0.6 is 0 Å². The number of hydrogen-bond acceptors (Lipinski definition) is 4. The van der Waals surface area contributed by atoms with Crippen LogP contribution in [0.2, 0.25) is 0 Å². The van der Waals surface area contributed by atoms with E-state index in [0.717, 1.165) is 12.2 Å². The molecule has 1 N–H and O–H groups in total. The van der Waals surface area contributed by atoms with E-state index in [2.05, 4.69) is 10.1 Å². The third kappa shape index (κ3) is 6.30. The third-order valence-corrected chi connectivity index (χ3v) is 3.96. The number of benzene rings is 1. The summed E-state index contributed by atoms with van der Waals surface area (Å²) < 4.78 is 9.73. The summed E-state index contributed by atoms with van der Waals surface area (Å²) in [6.07, 6.45) is 0.798. The Balaban J connectivity index is 0.000000459. The minimum atomic E-state index is -0.921. The van der Waals surface area contributed by atoms with Crippen molar-refractivity contribution in [3.05, 3.63) is 29.8 Å². The zero-order valence-corrected chi connectivity index (χ0v) is 15.2. The fourth-order valence-electron chi connectivity index (χ4n) is 2.15. The van der Waals surface area contributed by atoms with Gasteiger partial charge in [-0.05, 0) is 31.4 Å². The van der Waals surface area contributed by atoms with E-state index in [-0.39, 0.29) is 11.8 Å². The first kappa shape index (κ1) is 21.0. The van der Waals surface area contributed by atoms with Crippen molar-refractivity contribution >= 4 is 11.9 Å². The first-order valence-corrected chi connectivity index (χ1v) is 7.69.